The topological polar surface area (TPSA) is 0 Å². The molecule has 0 bridgehead atoms. The first kappa shape index (κ1) is 20.7. The monoisotopic (exact) mass is 332 g/mol. The molecule has 0 radical (unpaired) electrons. The molecule has 0 atom stereocenters. The summed E-state index contributed by atoms with van der Waals surface area (Å²) in [7, 11) is 0. The lowest BCUT2D eigenvalue weighted by atomic mass is 10.1. The predicted molar refractivity (Wildman–Crippen MR) is 112 cm³/mol. The Hall–Kier alpha value is -2.34. The van der Waals surface area contributed by atoms with Gasteiger partial charge >= 0.3 is 0 Å². The molecule has 0 saturated heterocycles. The van der Waals surface area contributed by atoms with E-state index in [4.69, 9.17) is 0 Å². The summed E-state index contributed by atoms with van der Waals surface area (Å²) in [5, 5.41) is 0. The highest BCUT2D eigenvalue weighted by Gasteiger charge is 1.85. The van der Waals surface area contributed by atoms with Crippen molar-refractivity contribution in [2.24, 2.45) is 0 Å². The second kappa shape index (κ2) is 11.3. The van der Waals surface area contributed by atoms with Gasteiger partial charge in [0.1, 0.15) is 0 Å². The molecule has 0 aliphatic carbocycles. The number of aryl methyl sites for hydroxylation is 6. The summed E-state index contributed by atoms with van der Waals surface area (Å²) in [6.07, 6.45) is 1.14. The van der Waals surface area contributed by atoms with Crippen LogP contribution >= 0.6 is 0 Å². The Morgan fingerprint density at radius 1 is 0.400 bits per heavy atom. The fraction of sp³-hybridized carbons (Fsp3) is 0.280. The molecule has 0 spiro atoms. The van der Waals surface area contributed by atoms with E-state index in [0.717, 1.165) is 6.42 Å². The van der Waals surface area contributed by atoms with Crippen LogP contribution in [-0.2, 0) is 6.42 Å². The molecule has 0 heterocycles. The van der Waals surface area contributed by atoms with Crippen molar-refractivity contribution >= 4 is 0 Å². The lowest BCUT2D eigenvalue weighted by molar-refractivity contribution is 1.14. The molecule has 0 heteroatoms. The molecule has 0 nitrogen and oxygen atoms in total. The van der Waals surface area contributed by atoms with Gasteiger partial charge in [0, 0.05) is 0 Å². The number of rotatable bonds is 1. The molecular weight excluding hydrogens is 300 g/mol. The normalized spacial score (nSPS) is 9.36. The third-order valence-corrected chi connectivity index (χ3v) is 3.97. The molecule has 25 heavy (non-hydrogen) atoms. The van der Waals surface area contributed by atoms with E-state index < -0.39 is 0 Å². The van der Waals surface area contributed by atoms with Crippen molar-refractivity contribution in [3.63, 3.8) is 0 Å². The molecule has 0 amide bonds. The van der Waals surface area contributed by atoms with Crippen molar-refractivity contribution in [1.29, 1.82) is 0 Å². The van der Waals surface area contributed by atoms with Gasteiger partial charge in [0.2, 0.25) is 0 Å². The number of benzene rings is 3. The maximum atomic E-state index is 2.18. The van der Waals surface area contributed by atoms with Crippen molar-refractivity contribution in [3.05, 3.63) is 106 Å². The van der Waals surface area contributed by atoms with Crippen LogP contribution in [0.2, 0.25) is 0 Å². The third kappa shape index (κ3) is 9.52. The van der Waals surface area contributed by atoms with Crippen LogP contribution in [-0.4, -0.2) is 0 Å². The van der Waals surface area contributed by atoms with E-state index in [1.165, 1.54) is 33.4 Å². The van der Waals surface area contributed by atoms with Crippen LogP contribution in [0.1, 0.15) is 40.3 Å². The average Bonchev–Trinajstić information content (AvgIpc) is 2.62. The van der Waals surface area contributed by atoms with Crippen LogP contribution in [0.5, 0.6) is 0 Å². The molecule has 3 rings (SSSR count). The Kier molecular flexibility index (Phi) is 9.32. The van der Waals surface area contributed by atoms with Crippen LogP contribution in [0.15, 0.2) is 72.8 Å². The van der Waals surface area contributed by atoms with Gasteiger partial charge in [-0.15, -0.1) is 0 Å². The molecule has 0 N–H and O–H groups in total. The summed E-state index contributed by atoms with van der Waals surface area (Å²) in [6, 6.07) is 25.6. The second-order valence-corrected chi connectivity index (χ2v) is 6.65. The molecule has 0 aliphatic heterocycles. The highest BCUT2D eigenvalue weighted by atomic mass is 13.9. The molecule has 0 aliphatic rings. The minimum atomic E-state index is 1.14. The molecule has 132 valence electrons. The van der Waals surface area contributed by atoms with Gasteiger partial charge in [-0.3, -0.25) is 0 Å². The molecule has 0 fully saturated rings. The summed E-state index contributed by atoms with van der Waals surface area (Å²) in [5.41, 5.74) is 8.07. The maximum absolute atomic E-state index is 2.18. The molecule has 3 aromatic rings. The summed E-state index contributed by atoms with van der Waals surface area (Å²) >= 11 is 0. The van der Waals surface area contributed by atoms with E-state index in [1.807, 2.05) is 0 Å². The second-order valence-electron chi connectivity index (χ2n) is 6.65. The predicted octanol–water partition coefficient (Wildman–Crippen LogP) is 7.16. The summed E-state index contributed by atoms with van der Waals surface area (Å²) in [5.74, 6) is 0. The Balaban J connectivity index is 0.000000188. The van der Waals surface area contributed by atoms with E-state index >= 15 is 0 Å². The van der Waals surface area contributed by atoms with Crippen molar-refractivity contribution in [2.45, 2.75) is 48.0 Å². The van der Waals surface area contributed by atoms with Gasteiger partial charge in [0.15, 0.2) is 0 Å². The van der Waals surface area contributed by atoms with Gasteiger partial charge in [-0.1, -0.05) is 108 Å². The van der Waals surface area contributed by atoms with Gasteiger partial charge in [-0.2, -0.15) is 0 Å². The van der Waals surface area contributed by atoms with Gasteiger partial charge in [0.05, 0.1) is 0 Å². The van der Waals surface area contributed by atoms with Crippen molar-refractivity contribution in [3.8, 4) is 0 Å². The highest BCUT2D eigenvalue weighted by Crippen LogP contribution is 2.02. The van der Waals surface area contributed by atoms with Gasteiger partial charge in [0.25, 0.3) is 0 Å². The number of hydrogen-bond donors (Lipinski definition) is 0. The van der Waals surface area contributed by atoms with Crippen LogP contribution in [0, 0.1) is 34.6 Å². The Labute approximate surface area is 154 Å². The van der Waals surface area contributed by atoms with Crippen LogP contribution in [0.4, 0.5) is 0 Å². The van der Waals surface area contributed by atoms with Crippen molar-refractivity contribution < 1.29 is 0 Å². The molecule has 0 unspecified atom stereocenters. The molecule has 3 aromatic carbocycles. The average molecular weight is 333 g/mol. The minimum absolute atomic E-state index is 1.14. The van der Waals surface area contributed by atoms with Crippen LogP contribution in [0.3, 0.4) is 0 Å². The Morgan fingerprint density at radius 3 is 0.800 bits per heavy atom. The standard InChI is InChI=1S/C9H12.2C8H10/c1-3-9-6-4-8(2)5-7-9;2*1-7-3-5-8(2)6-4-7/h4-7H,3H2,1-2H3;2*3-6H,1-2H3. The zero-order valence-corrected chi connectivity index (χ0v) is 16.6. The van der Waals surface area contributed by atoms with E-state index in [9.17, 15) is 0 Å². The zero-order chi connectivity index (χ0) is 18.7. The van der Waals surface area contributed by atoms with E-state index in [2.05, 4.69) is 114 Å². The molecule has 0 saturated carbocycles. The first-order valence-electron chi connectivity index (χ1n) is 9.02. The highest BCUT2D eigenvalue weighted by molar-refractivity contribution is 5.21. The van der Waals surface area contributed by atoms with Crippen LogP contribution < -0.4 is 0 Å². The third-order valence-electron chi connectivity index (χ3n) is 3.97. The maximum Gasteiger partial charge on any atom is -0.0307 e. The van der Waals surface area contributed by atoms with Gasteiger partial charge in [-0.25, -0.2) is 0 Å². The lowest BCUT2D eigenvalue weighted by Crippen LogP contribution is -1.77. The SMILES string of the molecule is CCc1ccc(C)cc1.Cc1ccc(C)cc1.Cc1ccc(C)cc1. The Bertz CT molecular complexity index is 616. The summed E-state index contributed by atoms with van der Waals surface area (Å²) < 4.78 is 0. The van der Waals surface area contributed by atoms with Gasteiger partial charge < -0.3 is 0 Å². The van der Waals surface area contributed by atoms with Crippen LogP contribution in [0.25, 0.3) is 0 Å². The smallest absolute Gasteiger partial charge is 0.0307 e. The summed E-state index contributed by atoms with van der Waals surface area (Å²) in [4.78, 5) is 0. The fourth-order valence-electron chi connectivity index (χ4n) is 2.10. The lowest BCUT2D eigenvalue weighted by Gasteiger charge is -1.94. The van der Waals surface area contributed by atoms with E-state index in [1.54, 1.807) is 0 Å². The summed E-state index contributed by atoms with van der Waals surface area (Å²) in [6.45, 7) is 12.7. The zero-order valence-electron chi connectivity index (χ0n) is 16.6. The van der Waals surface area contributed by atoms with E-state index in [-0.39, 0.29) is 0 Å². The minimum Gasteiger partial charge on any atom is -0.0613 e. The molecule has 0 aromatic heterocycles. The molecular formula is C25H32. The quantitative estimate of drug-likeness (QED) is 0.443. The Morgan fingerprint density at radius 2 is 0.600 bits per heavy atom. The first-order chi connectivity index (χ1) is 11.9. The fourth-order valence-corrected chi connectivity index (χ4v) is 2.10. The van der Waals surface area contributed by atoms with E-state index in [0.29, 0.717) is 0 Å². The van der Waals surface area contributed by atoms with Crippen molar-refractivity contribution in [2.75, 3.05) is 0 Å². The first-order valence-corrected chi connectivity index (χ1v) is 9.02. The van der Waals surface area contributed by atoms with Gasteiger partial charge in [-0.05, 0) is 46.6 Å². The van der Waals surface area contributed by atoms with Crippen molar-refractivity contribution in [1.82, 2.24) is 0 Å². The largest absolute Gasteiger partial charge is 0.0613 e. The number of hydrogen-bond acceptors (Lipinski definition) is 0.